The number of aryl methyl sites for hydroxylation is 2. The lowest BCUT2D eigenvalue weighted by Crippen LogP contribution is -1.89. The van der Waals surface area contributed by atoms with Crippen LogP contribution in [0.3, 0.4) is 0 Å². The molecule has 0 unspecified atom stereocenters. The molecule has 1 nitrogen and oxygen atoms in total. The number of fused-ring (bicyclic) bond motifs is 3. The zero-order valence-corrected chi connectivity index (χ0v) is 17.4. The summed E-state index contributed by atoms with van der Waals surface area (Å²) < 4.78 is 7.35. The maximum Gasteiger partial charge on any atom is 0.143 e. The first-order valence-corrected chi connectivity index (χ1v) is 10.2. The van der Waals surface area contributed by atoms with Crippen molar-refractivity contribution in [1.82, 2.24) is 0 Å². The van der Waals surface area contributed by atoms with Crippen LogP contribution in [0.4, 0.5) is 0 Å². The molecule has 0 bridgehead atoms. The fourth-order valence-corrected chi connectivity index (χ4v) is 4.46. The highest BCUT2D eigenvalue weighted by Gasteiger charge is 2.13. The largest absolute Gasteiger partial charge is 0.455 e. The number of benzene rings is 4. The summed E-state index contributed by atoms with van der Waals surface area (Å²) in [5.41, 5.74) is 9.24. The Labute approximate surface area is 172 Å². The Hall–Kier alpha value is -2.84. The van der Waals surface area contributed by atoms with Crippen LogP contribution >= 0.6 is 15.9 Å². The molecule has 0 spiro atoms. The Balaban J connectivity index is 1.75. The maximum atomic E-state index is 6.25. The van der Waals surface area contributed by atoms with Crippen LogP contribution in [0.25, 0.3) is 44.2 Å². The van der Waals surface area contributed by atoms with Crippen LogP contribution in [0.5, 0.6) is 0 Å². The van der Waals surface area contributed by atoms with E-state index in [1.165, 1.54) is 27.8 Å². The van der Waals surface area contributed by atoms with Crippen LogP contribution in [0, 0.1) is 13.8 Å². The first-order chi connectivity index (χ1) is 13.6. The number of para-hydroxylation sites is 2. The molecule has 0 aliphatic rings. The fraction of sp³-hybridized carbons (Fsp3) is 0.0769. The molecule has 0 aliphatic heterocycles. The van der Waals surface area contributed by atoms with E-state index in [-0.39, 0.29) is 0 Å². The van der Waals surface area contributed by atoms with E-state index in [0.717, 1.165) is 32.0 Å². The normalized spacial score (nSPS) is 11.4. The van der Waals surface area contributed by atoms with Crippen molar-refractivity contribution < 1.29 is 4.42 Å². The fourth-order valence-electron chi connectivity index (χ4n) is 3.98. The molecule has 4 aromatic carbocycles. The molecule has 0 amide bonds. The van der Waals surface area contributed by atoms with Gasteiger partial charge in [0, 0.05) is 20.8 Å². The Morgan fingerprint density at radius 3 is 2.32 bits per heavy atom. The van der Waals surface area contributed by atoms with Gasteiger partial charge in [-0.15, -0.1) is 0 Å². The number of hydrogen-bond acceptors (Lipinski definition) is 1. The molecule has 0 fully saturated rings. The van der Waals surface area contributed by atoms with E-state index in [9.17, 15) is 0 Å². The molecule has 0 radical (unpaired) electrons. The molecule has 5 aromatic rings. The van der Waals surface area contributed by atoms with Gasteiger partial charge in [0.25, 0.3) is 0 Å². The summed E-state index contributed by atoms with van der Waals surface area (Å²) >= 11 is 3.57. The van der Waals surface area contributed by atoms with Gasteiger partial charge in [0.2, 0.25) is 0 Å². The van der Waals surface area contributed by atoms with Crippen molar-refractivity contribution in [3.8, 4) is 22.3 Å². The lowest BCUT2D eigenvalue weighted by atomic mass is 9.92. The topological polar surface area (TPSA) is 13.1 Å². The van der Waals surface area contributed by atoms with E-state index >= 15 is 0 Å². The van der Waals surface area contributed by atoms with Gasteiger partial charge in [0.05, 0.1) is 0 Å². The molecule has 0 N–H and O–H groups in total. The predicted molar refractivity (Wildman–Crippen MR) is 122 cm³/mol. The molecule has 5 rings (SSSR count). The zero-order valence-electron chi connectivity index (χ0n) is 15.8. The monoisotopic (exact) mass is 426 g/mol. The molecule has 2 heteroatoms. The highest BCUT2D eigenvalue weighted by Crippen LogP contribution is 2.38. The molecule has 0 aliphatic carbocycles. The van der Waals surface area contributed by atoms with Crippen LogP contribution in [-0.2, 0) is 0 Å². The number of hydrogen-bond donors (Lipinski definition) is 0. The van der Waals surface area contributed by atoms with E-state index in [1.54, 1.807) is 0 Å². The van der Waals surface area contributed by atoms with Crippen molar-refractivity contribution >= 4 is 37.9 Å². The predicted octanol–water partition coefficient (Wildman–Crippen LogP) is 8.30. The lowest BCUT2D eigenvalue weighted by molar-refractivity contribution is 0.670. The summed E-state index contributed by atoms with van der Waals surface area (Å²) in [5.74, 6) is 0. The van der Waals surface area contributed by atoms with Gasteiger partial charge in [-0.3, -0.25) is 0 Å². The highest BCUT2D eigenvalue weighted by atomic mass is 79.9. The molecule has 1 aromatic heterocycles. The van der Waals surface area contributed by atoms with Crippen LogP contribution < -0.4 is 0 Å². The molecule has 28 heavy (non-hydrogen) atoms. The number of halogens is 1. The Kier molecular flexibility index (Phi) is 4.10. The average Bonchev–Trinajstić information content (AvgIpc) is 3.08. The number of furan rings is 1. The summed E-state index contributed by atoms with van der Waals surface area (Å²) in [6.45, 7) is 4.33. The van der Waals surface area contributed by atoms with Crippen molar-refractivity contribution in [3.05, 3.63) is 94.5 Å². The molecule has 0 saturated heterocycles. The van der Waals surface area contributed by atoms with E-state index in [0.29, 0.717) is 0 Å². The molecule has 0 atom stereocenters. The number of rotatable bonds is 2. The van der Waals surface area contributed by atoms with Gasteiger partial charge in [-0.05, 0) is 65.9 Å². The van der Waals surface area contributed by atoms with Gasteiger partial charge < -0.3 is 4.42 Å². The highest BCUT2D eigenvalue weighted by molar-refractivity contribution is 9.10. The first kappa shape index (κ1) is 17.3. The van der Waals surface area contributed by atoms with Crippen LogP contribution in [0.2, 0.25) is 0 Å². The van der Waals surface area contributed by atoms with Crippen LogP contribution in [0.1, 0.15) is 11.1 Å². The van der Waals surface area contributed by atoms with Crippen molar-refractivity contribution in [2.45, 2.75) is 13.8 Å². The van der Waals surface area contributed by atoms with Gasteiger partial charge in [0.15, 0.2) is 0 Å². The van der Waals surface area contributed by atoms with E-state index < -0.39 is 0 Å². The molecular weight excluding hydrogens is 408 g/mol. The second kappa shape index (κ2) is 6.65. The summed E-state index contributed by atoms with van der Waals surface area (Å²) in [6, 6.07) is 27.8. The summed E-state index contributed by atoms with van der Waals surface area (Å²) in [7, 11) is 0. The third-order valence-electron chi connectivity index (χ3n) is 5.43. The lowest BCUT2D eigenvalue weighted by Gasteiger charge is -2.12. The average molecular weight is 427 g/mol. The van der Waals surface area contributed by atoms with Crippen LogP contribution in [0.15, 0.2) is 87.8 Å². The van der Waals surface area contributed by atoms with Crippen molar-refractivity contribution in [1.29, 1.82) is 0 Å². The van der Waals surface area contributed by atoms with Gasteiger partial charge in [0.1, 0.15) is 11.2 Å². The Morgan fingerprint density at radius 1 is 0.643 bits per heavy atom. The third kappa shape index (κ3) is 2.76. The van der Waals surface area contributed by atoms with Gasteiger partial charge >= 0.3 is 0 Å². The standard InChI is InChI=1S/C26H19BrO/c1-16-10-11-18(15-24(16)20-13-12-19(27)14-17(20)2)21-7-5-8-23-22-6-3-4-9-25(22)28-26(21)23/h3-15H,1-2H3. The van der Waals surface area contributed by atoms with Gasteiger partial charge in [-0.2, -0.15) is 0 Å². The van der Waals surface area contributed by atoms with E-state index in [1.807, 2.05) is 12.1 Å². The minimum atomic E-state index is 0.932. The molecule has 0 saturated carbocycles. The molecule has 136 valence electrons. The second-order valence-electron chi connectivity index (χ2n) is 7.27. The van der Waals surface area contributed by atoms with Gasteiger partial charge in [-0.25, -0.2) is 0 Å². The van der Waals surface area contributed by atoms with Crippen LogP contribution in [-0.4, -0.2) is 0 Å². The quantitative estimate of drug-likeness (QED) is 0.276. The van der Waals surface area contributed by atoms with E-state index in [2.05, 4.69) is 96.5 Å². The minimum Gasteiger partial charge on any atom is -0.455 e. The maximum absolute atomic E-state index is 6.25. The second-order valence-corrected chi connectivity index (χ2v) is 8.19. The zero-order chi connectivity index (χ0) is 19.3. The summed E-state index contributed by atoms with van der Waals surface area (Å²) in [5, 5.41) is 2.32. The van der Waals surface area contributed by atoms with E-state index in [4.69, 9.17) is 4.42 Å². The molecule has 1 heterocycles. The SMILES string of the molecule is Cc1cc(Br)ccc1-c1cc(-c2cccc3c2oc2ccccc23)ccc1C. The summed E-state index contributed by atoms with van der Waals surface area (Å²) in [6.07, 6.45) is 0. The van der Waals surface area contributed by atoms with Gasteiger partial charge in [-0.1, -0.05) is 70.5 Å². The Bertz CT molecular complexity index is 1340. The van der Waals surface area contributed by atoms with Crippen molar-refractivity contribution in [3.63, 3.8) is 0 Å². The Morgan fingerprint density at radius 2 is 1.46 bits per heavy atom. The third-order valence-corrected chi connectivity index (χ3v) is 5.92. The first-order valence-electron chi connectivity index (χ1n) is 9.39. The van der Waals surface area contributed by atoms with Crippen molar-refractivity contribution in [2.24, 2.45) is 0 Å². The summed E-state index contributed by atoms with van der Waals surface area (Å²) in [4.78, 5) is 0. The minimum absolute atomic E-state index is 0.932. The molecular formula is C26H19BrO. The smallest absolute Gasteiger partial charge is 0.143 e. The van der Waals surface area contributed by atoms with Crippen molar-refractivity contribution in [2.75, 3.05) is 0 Å².